The fourth-order valence-electron chi connectivity index (χ4n) is 4.52. The maximum atomic E-state index is 13.6. The summed E-state index contributed by atoms with van der Waals surface area (Å²) >= 11 is 18.0. The van der Waals surface area contributed by atoms with Gasteiger partial charge in [0.1, 0.15) is 6.04 Å². The van der Waals surface area contributed by atoms with Gasteiger partial charge in [0.25, 0.3) is 17.7 Å². The lowest BCUT2D eigenvalue weighted by Gasteiger charge is -2.34. The summed E-state index contributed by atoms with van der Waals surface area (Å²) in [6.45, 7) is 1.49. The number of fused-ring (bicyclic) bond motifs is 1. The first-order valence-corrected chi connectivity index (χ1v) is 11.8. The first kappa shape index (κ1) is 23.7. The minimum absolute atomic E-state index is 0.107. The van der Waals surface area contributed by atoms with Crippen molar-refractivity contribution in [3.05, 3.63) is 68.7 Å². The quantitative estimate of drug-likeness (QED) is 0.398. The van der Waals surface area contributed by atoms with Gasteiger partial charge in [0.05, 0.1) is 21.9 Å². The highest BCUT2D eigenvalue weighted by Gasteiger charge is 2.53. The second-order valence-electron chi connectivity index (χ2n) is 8.31. The number of hydrogen-bond donors (Lipinski definition) is 0. The topological polar surface area (TPSA) is 74.8 Å². The van der Waals surface area contributed by atoms with Crippen molar-refractivity contribution in [2.24, 2.45) is 11.8 Å². The number of ketones is 1. The number of Topliss-reactive ketones (excluding diaryl/α,β-unsaturated/α-hetero) is 1. The Morgan fingerprint density at radius 1 is 0.879 bits per heavy atom. The summed E-state index contributed by atoms with van der Waals surface area (Å²) in [6.07, 6.45) is 2.85. The van der Waals surface area contributed by atoms with E-state index in [9.17, 15) is 19.2 Å². The third kappa shape index (κ3) is 4.39. The SMILES string of the molecule is C[C@H](C(=O)c1ccc(Cl)cc1)N(C(=O)c1ccc(Cl)c(Cl)c1)N1C(=O)[C@H]2CCCC[C@H]2C1=O. The van der Waals surface area contributed by atoms with Gasteiger partial charge in [-0.15, -0.1) is 0 Å². The number of rotatable bonds is 5. The van der Waals surface area contributed by atoms with Crippen LogP contribution in [0, 0.1) is 11.8 Å². The van der Waals surface area contributed by atoms with E-state index in [2.05, 4.69) is 0 Å². The van der Waals surface area contributed by atoms with Crippen LogP contribution < -0.4 is 0 Å². The lowest BCUT2D eigenvalue weighted by Crippen LogP contribution is -2.56. The van der Waals surface area contributed by atoms with Crippen LogP contribution in [-0.4, -0.2) is 39.6 Å². The molecule has 1 aliphatic heterocycles. The van der Waals surface area contributed by atoms with Crippen molar-refractivity contribution in [3.8, 4) is 0 Å². The molecule has 0 aromatic heterocycles. The molecular formula is C24H21Cl3N2O4. The second kappa shape index (κ2) is 9.45. The number of carbonyl (C=O) groups excluding carboxylic acids is 4. The molecule has 0 unspecified atom stereocenters. The molecule has 9 heteroatoms. The predicted octanol–water partition coefficient (Wildman–Crippen LogP) is 5.45. The Hall–Kier alpha value is -2.41. The summed E-state index contributed by atoms with van der Waals surface area (Å²) < 4.78 is 0. The number of nitrogens with zero attached hydrogens (tertiary/aromatic N) is 2. The summed E-state index contributed by atoms with van der Waals surface area (Å²) in [4.78, 5) is 53.5. The third-order valence-electron chi connectivity index (χ3n) is 6.28. The number of imide groups is 1. The van der Waals surface area contributed by atoms with Crippen molar-refractivity contribution in [2.45, 2.75) is 38.6 Å². The standard InChI is InChI=1S/C24H21Cl3N2O4/c1-13(21(30)14-6-9-16(25)10-7-14)28(22(31)15-8-11-19(26)20(27)12-15)29-23(32)17-4-2-3-5-18(17)24(29)33/h6-13,17-18H,2-5H2,1H3/t13-,17-,18+/m1/s1. The van der Waals surface area contributed by atoms with Gasteiger partial charge < -0.3 is 0 Å². The Balaban J connectivity index is 1.76. The molecule has 1 heterocycles. The molecule has 6 nitrogen and oxygen atoms in total. The maximum absolute atomic E-state index is 13.6. The molecule has 3 amide bonds. The molecule has 172 valence electrons. The molecule has 0 N–H and O–H groups in total. The zero-order valence-electron chi connectivity index (χ0n) is 17.8. The van der Waals surface area contributed by atoms with E-state index >= 15 is 0 Å². The molecule has 1 saturated carbocycles. The number of hydrogen-bond acceptors (Lipinski definition) is 4. The Morgan fingerprint density at radius 3 is 1.97 bits per heavy atom. The average molecular weight is 508 g/mol. The van der Waals surface area contributed by atoms with Crippen LogP contribution in [0.2, 0.25) is 15.1 Å². The normalized spacial score (nSPS) is 21.0. The predicted molar refractivity (Wildman–Crippen MR) is 125 cm³/mol. The fraction of sp³-hybridized carbons (Fsp3) is 0.333. The van der Waals surface area contributed by atoms with Gasteiger partial charge in [-0.2, -0.15) is 5.01 Å². The molecule has 0 radical (unpaired) electrons. The van der Waals surface area contributed by atoms with Crippen LogP contribution in [0.1, 0.15) is 53.3 Å². The number of hydrazine groups is 1. The summed E-state index contributed by atoms with van der Waals surface area (Å²) in [7, 11) is 0. The zero-order chi connectivity index (χ0) is 23.9. The van der Waals surface area contributed by atoms with Gasteiger partial charge in [0.2, 0.25) is 0 Å². The summed E-state index contributed by atoms with van der Waals surface area (Å²) in [5.74, 6) is -2.98. The molecule has 1 aliphatic carbocycles. The van der Waals surface area contributed by atoms with Crippen LogP contribution in [0.15, 0.2) is 42.5 Å². The molecule has 2 aromatic carbocycles. The summed E-state index contributed by atoms with van der Waals surface area (Å²) in [5.41, 5.74) is 0.408. The van der Waals surface area contributed by atoms with Gasteiger partial charge in [-0.25, -0.2) is 5.01 Å². The van der Waals surface area contributed by atoms with Gasteiger partial charge >= 0.3 is 0 Å². The fourth-order valence-corrected chi connectivity index (χ4v) is 4.95. The van der Waals surface area contributed by atoms with Crippen LogP contribution in [0.5, 0.6) is 0 Å². The summed E-state index contributed by atoms with van der Waals surface area (Å²) in [6, 6.07) is 9.32. The first-order valence-electron chi connectivity index (χ1n) is 10.7. The van der Waals surface area contributed by atoms with Gasteiger partial charge in [-0.05, 0) is 62.2 Å². The van der Waals surface area contributed by atoms with Crippen molar-refractivity contribution in [2.75, 3.05) is 0 Å². The van der Waals surface area contributed by atoms with Crippen LogP contribution in [0.3, 0.4) is 0 Å². The van der Waals surface area contributed by atoms with Gasteiger partial charge in [0.15, 0.2) is 5.78 Å². The largest absolute Gasteiger partial charge is 0.292 e. The Morgan fingerprint density at radius 2 is 1.42 bits per heavy atom. The molecular weight excluding hydrogens is 487 g/mol. The van der Waals surface area contributed by atoms with E-state index in [0.717, 1.165) is 22.9 Å². The number of halogens is 3. The smallest absolute Gasteiger partial charge is 0.273 e. The van der Waals surface area contributed by atoms with E-state index in [1.165, 1.54) is 37.3 Å². The molecule has 4 rings (SSSR count). The number of benzene rings is 2. The van der Waals surface area contributed by atoms with Crippen molar-refractivity contribution >= 4 is 58.3 Å². The van der Waals surface area contributed by atoms with Crippen molar-refractivity contribution in [1.82, 2.24) is 10.0 Å². The minimum atomic E-state index is -1.14. The van der Waals surface area contributed by atoms with E-state index in [1.54, 1.807) is 12.1 Å². The molecule has 2 fully saturated rings. The zero-order valence-corrected chi connectivity index (χ0v) is 20.0. The highest BCUT2D eigenvalue weighted by molar-refractivity contribution is 6.42. The van der Waals surface area contributed by atoms with E-state index in [-0.39, 0.29) is 15.6 Å². The van der Waals surface area contributed by atoms with Gasteiger partial charge in [-0.1, -0.05) is 47.6 Å². The molecule has 0 spiro atoms. The highest BCUT2D eigenvalue weighted by Crippen LogP contribution is 2.39. The Labute approximate surface area is 206 Å². The monoisotopic (exact) mass is 506 g/mol. The van der Waals surface area contributed by atoms with Gasteiger partial charge in [0, 0.05) is 16.1 Å². The van der Waals surface area contributed by atoms with E-state index in [0.29, 0.717) is 23.4 Å². The molecule has 1 saturated heterocycles. The lowest BCUT2D eigenvalue weighted by molar-refractivity contribution is -0.156. The number of amides is 3. The maximum Gasteiger partial charge on any atom is 0.273 e. The first-order chi connectivity index (χ1) is 15.7. The molecule has 2 aromatic rings. The lowest BCUT2D eigenvalue weighted by atomic mass is 9.81. The van der Waals surface area contributed by atoms with Crippen LogP contribution in [0.4, 0.5) is 0 Å². The van der Waals surface area contributed by atoms with E-state index in [4.69, 9.17) is 34.8 Å². The highest BCUT2D eigenvalue weighted by atomic mass is 35.5. The van der Waals surface area contributed by atoms with Crippen LogP contribution in [-0.2, 0) is 9.59 Å². The summed E-state index contributed by atoms with van der Waals surface area (Å²) in [5, 5.41) is 2.71. The molecule has 0 bridgehead atoms. The van der Waals surface area contributed by atoms with E-state index < -0.39 is 41.4 Å². The van der Waals surface area contributed by atoms with Crippen molar-refractivity contribution in [1.29, 1.82) is 0 Å². The van der Waals surface area contributed by atoms with Crippen LogP contribution >= 0.6 is 34.8 Å². The van der Waals surface area contributed by atoms with Crippen LogP contribution in [0.25, 0.3) is 0 Å². The Kier molecular flexibility index (Phi) is 6.80. The number of carbonyl (C=O) groups is 4. The average Bonchev–Trinajstić information content (AvgIpc) is 3.06. The second-order valence-corrected chi connectivity index (χ2v) is 9.56. The minimum Gasteiger partial charge on any atom is -0.292 e. The third-order valence-corrected chi connectivity index (χ3v) is 7.27. The molecule has 3 atom stereocenters. The molecule has 2 aliphatic rings. The van der Waals surface area contributed by atoms with Crippen molar-refractivity contribution < 1.29 is 19.2 Å². The molecule has 33 heavy (non-hydrogen) atoms. The Bertz CT molecular complexity index is 1110. The van der Waals surface area contributed by atoms with Crippen molar-refractivity contribution in [3.63, 3.8) is 0 Å². The van der Waals surface area contributed by atoms with E-state index in [1.807, 2.05) is 0 Å². The van der Waals surface area contributed by atoms with Gasteiger partial charge in [-0.3, -0.25) is 19.2 Å².